The van der Waals surface area contributed by atoms with E-state index in [0.29, 0.717) is 0 Å². The van der Waals surface area contributed by atoms with Gasteiger partial charge in [-0.3, -0.25) is 0 Å². The highest BCUT2D eigenvalue weighted by atomic mass is 16.3. The summed E-state index contributed by atoms with van der Waals surface area (Å²) in [5.74, 6) is 1.11. The van der Waals surface area contributed by atoms with E-state index in [0.717, 1.165) is 69.1 Å². The van der Waals surface area contributed by atoms with Gasteiger partial charge in [0.15, 0.2) is 0 Å². The molecule has 0 bridgehead atoms. The second kappa shape index (κ2) is 8.81. The molecular weight excluding hydrogens is 382 g/mol. The van der Waals surface area contributed by atoms with E-state index in [2.05, 4.69) is 77.4 Å². The Balaban J connectivity index is 1.47. The molecule has 4 heteroatoms. The monoisotopic (exact) mass is 413 g/mol. The van der Waals surface area contributed by atoms with Crippen LogP contribution in [0, 0.1) is 0 Å². The third kappa shape index (κ3) is 4.23. The van der Waals surface area contributed by atoms with E-state index in [1.807, 2.05) is 0 Å². The number of piperazine rings is 1. The van der Waals surface area contributed by atoms with Gasteiger partial charge in [0.2, 0.25) is 0 Å². The van der Waals surface area contributed by atoms with Crippen molar-refractivity contribution in [3.8, 4) is 11.3 Å². The van der Waals surface area contributed by atoms with Crippen LogP contribution in [0.15, 0.2) is 60.7 Å². The smallest absolute Gasteiger partial charge is 0.137 e. The summed E-state index contributed by atoms with van der Waals surface area (Å²) in [4.78, 5) is 10.1. The highest BCUT2D eigenvalue weighted by molar-refractivity contribution is 5.95. The number of benzene rings is 2. The lowest BCUT2D eigenvalue weighted by molar-refractivity contribution is 0.166. The van der Waals surface area contributed by atoms with E-state index >= 15 is 0 Å². The summed E-state index contributed by atoms with van der Waals surface area (Å²) in [6, 6.07) is 19.6. The van der Waals surface area contributed by atoms with Crippen LogP contribution in [-0.2, 0) is 0 Å². The number of hydrogen-bond acceptors (Lipinski definition) is 4. The average molecular weight is 414 g/mol. The van der Waals surface area contributed by atoms with Crippen molar-refractivity contribution < 1.29 is 5.11 Å². The van der Waals surface area contributed by atoms with Crippen molar-refractivity contribution in [3.63, 3.8) is 0 Å². The van der Waals surface area contributed by atoms with Crippen LogP contribution in [0.4, 0.5) is 5.82 Å². The van der Waals surface area contributed by atoms with Crippen LogP contribution < -0.4 is 4.90 Å². The van der Waals surface area contributed by atoms with Crippen LogP contribution >= 0.6 is 0 Å². The molecule has 160 valence electrons. The standard InChI is InChI=1S/C27H31N3O/c1-2-29-15-17-30(18-16-29)27-25-6-4-3-5-23(25)19-26(28-27)22-9-7-20(8-10-22)21-11-13-24(31)14-12-21/h3-11,19,24,31H,2,12-18H2,1H3. The summed E-state index contributed by atoms with van der Waals surface area (Å²) in [5.41, 5.74) is 4.79. The van der Waals surface area contributed by atoms with Crippen LogP contribution in [-0.4, -0.2) is 53.8 Å². The van der Waals surface area contributed by atoms with Gasteiger partial charge in [-0.2, -0.15) is 0 Å². The zero-order chi connectivity index (χ0) is 21.2. The molecule has 1 unspecified atom stereocenters. The van der Waals surface area contributed by atoms with Crippen molar-refractivity contribution >= 4 is 22.2 Å². The normalized spacial score (nSPS) is 20.1. The molecule has 1 N–H and O–H groups in total. The molecule has 2 aromatic carbocycles. The molecular formula is C27H31N3O. The maximum absolute atomic E-state index is 9.76. The molecule has 3 aromatic rings. The summed E-state index contributed by atoms with van der Waals surface area (Å²) < 4.78 is 0. The Hall–Kier alpha value is -2.69. The number of rotatable bonds is 4. The number of aliphatic hydroxyl groups excluding tert-OH is 1. The molecule has 2 aliphatic rings. The molecule has 0 amide bonds. The van der Waals surface area contributed by atoms with E-state index in [4.69, 9.17) is 4.98 Å². The van der Waals surface area contributed by atoms with E-state index < -0.39 is 0 Å². The maximum atomic E-state index is 9.76. The molecule has 1 fully saturated rings. The largest absolute Gasteiger partial charge is 0.393 e. The minimum Gasteiger partial charge on any atom is -0.393 e. The first-order chi connectivity index (χ1) is 15.2. The molecule has 1 atom stereocenters. The minimum atomic E-state index is -0.178. The van der Waals surface area contributed by atoms with Gasteiger partial charge in [-0.25, -0.2) is 4.98 Å². The molecule has 1 aromatic heterocycles. The summed E-state index contributed by atoms with van der Waals surface area (Å²) >= 11 is 0. The van der Waals surface area contributed by atoms with Crippen molar-refractivity contribution in [2.45, 2.75) is 32.3 Å². The lowest BCUT2D eigenvalue weighted by Gasteiger charge is -2.35. The molecule has 4 nitrogen and oxygen atoms in total. The SMILES string of the molecule is CCN1CCN(c2nc(-c3ccc(C4=CCC(O)CC4)cc3)cc3ccccc23)CC1. The van der Waals surface area contributed by atoms with Crippen molar-refractivity contribution in [3.05, 3.63) is 66.2 Å². The van der Waals surface area contributed by atoms with Crippen molar-refractivity contribution in [1.82, 2.24) is 9.88 Å². The number of anilines is 1. The number of hydrogen-bond donors (Lipinski definition) is 1. The number of fused-ring (bicyclic) bond motifs is 1. The van der Waals surface area contributed by atoms with Gasteiger partial charge >= 0.3 is 0 Å². The lowest BCUT2D eigenvalue weighted by atomic mass is 9.91. The topological polar surface area (TPSA) is 39.6 Å². The Morgan fingerprint density at radius 2 is 1.71 bits per heavy atom. The van der Waals surface area contributed by atoms with E-state index in [1.54, 1.807) is 0 Å². The summed E-state index contributed by atoms with van der Waals surface area (Å²) in [7, 11) is 0. The Morgan fingerprint density at radius 1 is 0.968 bits per heavy atom. The van der Waals surface area contributed by atoms with E-state index in [9.17, 15) is 5.11 Å². The third-order valence-electron chi connectivity index (χ3n) is 6.77. The number of likely N-dealkylation sites (N-methyl/N-ethyl adjacent to an activating group) is 1. The van der Waals surface area contributed by atoms with Crippen molar-refractivity contribution in [2.75, 3.05) is 37.6 Å². The van der Waals surface area contributed by atoms with Crippen molar-refractivity contribution in [2.24, 2.45) is 0 Å². The van der Waals surface area contributed by atoms with Gasteiger partial charge in [0.25, 0.3) is 0 Å². The fourth-order valence-corrected chi connectivity index (χ4v) is 4.78. The molecule has 0 radical (unpaired) electrons. The zero-order valence-corrected chi connectivity index (χ0v) is 18.3. The Kier molecular flexibility index (Phi) is 5.75. The second-order valence-electron chi connectivity index (χ2n) is 8.71. The highest BCUT2D eigenvalue weighted by Crippen LogP contribution is 2.32. The van der Waals surface area contributed by atoms with Gasteiger partial charge in [-0.1, -0.05) is 61.5 Å². The fourth-order valence-electron chi connectivity index (χ4n) is 4.78. The molecule has 0 spiro atoms. The Labute approximate surface area is 184 Å². The zero-order valence-electron chi connectivity index (χ0n) is 18.3. The summed E-state index contributed by atoms with van der Waals surface area (Å²) in [6.45, 7) is 7.58. The predicted octanol–water partition coefficient (Wildman–Crippen LogP) is 4.97. The summed E-state index contributed by atoms with van der Waals surface area (Å²) in [5, 5.41) is 12.2. The first-order valence-corrected chi connectivity index (χ1v) is 11.6. The predicted molar refractivity (Wildman–Crippen MR) is 129 cm³/mol. The summed E-state index contributed by atoms with van der Waals surface area (Å²) in [6.07, 6.45) is 4.57. The molecule has 1 aliphatic heterocycles. The van der Waals surface area contributed by atoms with Crippen LogP contribution in [0.25, 0.3) is 27.6 Å². The van der Waals surface area contributed by atoms with Crippen molar-refractivity contribution in [1.29, 1.82) is 0 Å². The van der Waals surface area contributed by atoms with Gasteiger partial charge in [0.05, 0.1) is 11.8 Å². The Morgan fingerprint density at radius 3 is 2.42 bits per heavy atom. The number of nitrogens with zero attached hydrogens (tertiary/aromatic N) is 3. The number of aliphatic hydroxyl groups is 1. The van der Waals surface area contributed by atoms with Crippen LogP contribution in [0.1, 0.15) is 31.7 Å². The van der Waals surface area contributed by atoms with Crippen LogP contribution in [0.5, 0.6) is 0 Å². The van der Waals surface area contributed by atoms with Gasteiger partial charge in [0.1, 0.15) is 5.82 Å². The minimum absolute atomic E-state index is 0.178. The fraction of sp³-hybridized carbons (Fsp3) is 0.370. The average Bonchev–Trinajstić information content (AvgIpc) is 2.84. The van der Waals surface area contributed by atoms with Gasteiger partial charge < -0.3 is 14.9 Å². The quantitative estimate of drug-likeness (QED) is 0.655. The van der Waals surface area contributed by atoms with Crippen LogP contribution in [0.3, 0.4) is 0 Å². The molecule has 2 heterocycles. The van der Waals surface area contributed by atoms with E-state index in [1.165, 1.54) is 21.9 Å². The van der Waals surface area contributed by atoms with Crippen LogP contribution in [0.2, 0.25) is 0 Å². The molecule has 0 saturated carbocycles. The molecule has 1 aliphatic carbocycles. The lowest BCUT2D eigenvalue weighted by Crippen LogP contribution is -2.46. The Bertz CT molecular complexity index is 1080. The molecule has 5 rings (SSSR count). The highest BCUT2D eigenvalue weighted by Gasteiger charge is 2.20. The van der Waals surface area contributed by atoms with Gasteiger partial charge in [0, 0.05) is 37.1 Å². The number of aromatic nitrogens is 1. The molecule has 31 heavy (non-hydrogen) atoms. The first-order valence-electron chi connectivity index (χ1n) is 11.6. The first kappa shape index (κ1) is 20.2. The second-order valence-corrected chi connectivity index (χ2v) is 8.71. The third-order valence-corrected chi connectivity index (χ3v) is 6.77. The molecule has 1 saturated heterocycles. The van der Waals surface area contributed by atoms with Gasteiger partial charge in [-0.15, -0.1) is 0 Å². The van der Waals surface area contributed by atoms with Gasteiger partial charge in [-0.05, 0) is 48.4 Å². The number of allylic oxidation sites excluding steroid dienone is 1. The maximum Gasteiger partial charge on any atom is 0.137 e. The number of pyridine rings is 1. The van der Waals surface area contributed by atoms with E-state index in [-0.39, 0.29) is 6.10 Å².